The largest absolute Gasteiger partial charge is 0.375 e. The average molecular weight is 263 g/mol. The van der Waals surface area contributed by atoms with Crippen LogP contribution in [0.2, 0.25) is 0 Å². The maximum Gasteiger partial charge on any atom is 0.164 e. The van der Waals surface area contributed by atoms with Crippen molar-refractivity contribution in [3.05, 3.63) is 23.9 Å². The number of rotatable bonds is 6. The first kappa shape index (κ1) is 16.0. The molecule has 2 heteroatoms. The van der Waals surface area contributed by atoms with E-state index in [4.69, 9.17) is 0 Å². The summed E-state index contributed by atoms with van der Waals surface area (Å²) in [6.07, 6.45) is 10.0. The summed E-state index contributed by atoms with van der Waals surface area (Å²) in [4.78, 5) is 14.7. The third-order valence-electron chi connectivity index (χ3n) is 3.91. The third-order valence-corrected chi connectivity index (χ3v) is 3.91. The molecule has 1 heterocycles. The van der Waals surface area contributed by atoms with Crippen molar-refractivity contribution in [2.24, 2.45) is 5.41 Å². The average Bonchev–Trinajstić information content (AvgIpc) is 2.33. The molecule has 0 radical (unpaired) electrons. The van der Waals surface area contributed by atoms with Gasteiger partial charge in [-0.05, 0) is 32.1 Å². The van der Waals surface area contributed by atoms with Gasteiger partial charge in [0.15, 0.2) is 5.78 Å². The monoisotopic (exact) mass is 263 g/mol. The summed E-state index contributed by atoms with van der Waals surface area (Å²) in [6.45, 7) is 11.9. The van der Waals surface area contributed by atoms with E-state index in [1.54, 1.807) is 0 Å². The molecular formula is C17H29NO. The number of Topliss-reactive ketones (excluding diaryl/α,β-unsaturated/α-hetero) is 1. The van der Waals surface area contributed by atoms with Crippen molar-refractivity contribution in [3.8, 4) is 0 Å². The molecule has 1 aliphatic heterocycles. The van der Waals surface area contributed by atoms with E-state index in [0.717, 1.165) is 31.4 Å². The van der Waals surface area contributed by atoms with E-state index in [9.17, 15) is 4.79 Å². The molecule has 0 atom stereocenters. The Balaban J connectivity index is 2.78. The van der Waals surface area contributed by atoms with Crippen LogP contribution in [0.15, 0.2) is 23.9 Å². The summed E-state index contributed by atoms with van der Waals surface area (Å²) in [7, 11) is 0. The molecular weight excluding hydrogens is 234 g/mol. The van der Waals surface area contributed by atoms with Gasteiger partial charge in [-0.3, -0.25) is 4.79 Å². The van der Waals surface area contributed by atoms with Crippen LogP contribution >= 0.6 is 0 Å². The summed E-state index contributed by atoms with van der Waals surface area (Å²) in [6, 6.07) is 0.467. The van der Waals surface area contributed by atoms with Crippen LogP contribution in [0.1, 0.15) is 60.3 Å². The molecule has 0 spiro atoms. The lowest BCUT2D eigenvalue weighted by Crippen LogP contribution is -2.38. The zero-order chi connectivity index (χ0) is 14.5. The Hall–Kier alpha value is -1.05. The molecule has 0 aromatic carbocycles. The van der Waals surface area contributed by atoms with Crippen molar-refractivity contribution in [1.82, 2.24) is 4.90 Å². The fourth-order valence-corrected chi connectivity index (χ4v) is 2.39. The van der Waals surface area contributed by atoms with E-state index in [2.05, 4.69) is 51.8 Å². The molecule has 0 aromatic heterocycles. The van der Waals surface area contributed by atoms with Gasteiger partial charge in [-0.15, -0.1) is 0 Å². The fourth-order valence-electron chi connectivity index (χ4n) is 2.39. The maximum absolute atomic E-state index is 12.4. The highest BCUT2D eigenvalue weighted by molar-refractivity contribution is 5.97. The van der Waals surface area contributed by atoms with Crippen molar-refractivity contribution < 1.29 is 4.79 Å². The molecule has 0 aliphatic carbocycles. The van der Waals surface area contributed by atoms with Gasteiger partial charge in [0.05, 0.1) is 0 Å². The molecule has 0 bridgehead atoms. The molecule has 1 rings (SSSR count). The van der Waals surface area contributed by atoms with Crippen LogP contribution in [0, 0.1) is 5.41 Å². The second-order valence-electron chi connectivity index (χ2n) is 6.40. The number of carbonyl (C=O) groups is 1. The normalized spacial score (nSPS) is 19.1. The minimum atomic E-state index is 0.0150. The molecule has 2 nitrogen and oxygen atoms in total. The van der Waals surface area contributed by atoms with Crippen molar-refractivity contribution in [2.75, 3.05) is 6.54 Å². The van der Waals surface area contributed by atoms with Crippen molar-refractivity contribution >= 4 is 5.78 Å². The molecule has 19 heavy (non-hydrogen) atoms. The summed E-state index contributed by atoms with van der Waals surface area (Å²) < 4.78 is 0. The van der Waals surface area contributed by atoms with E-state index in [-0.39, 0.29) is 11.2 Å². The predicted molar refractivity (Wildman–Crippen MR) is 82.0 cm³/mol. The first-order valence-electron chi connectivity index (χ1n) is 7.54. The van der Waals surface area contributed by atoms with Gasteiger partial charge >= 0.3 is 0 Å². The van der Waals surface area contributed by atoms with Crippen LogP contribution in [0.4, 0.5) is 0 Å². The number of unbranched alkanes of at least 4 members (excludes halogenated alkanes) is 1. The third kappa shape index (κ3) is 4.52. The molecule has 0 saturated heterocycles. The number of hydrogen-bond acceptors (Lipinski definition) is 2. The van der Waals surface area contributed by atoms with E-state index in [0.29, 0.717) is 12.5 Å². The highest BCUT2D eigenvalue weighted by Crippen LogP contribution is 2.36. The molecule has 0 fully saturated rings. The van der Waals surface area contributed by atoms with Crippen molar-refractivity contribution in [3.63, 3.8) is 0 Å². The zero-order valence-electron chi connectivity index (χ0n) is 13.2. The Morgan fingerprint density at radius 1 is 1.42 bits per heavy atom. The number of carbonyl (C=O) groups excluding carboxylic acids is 1. The minimum Gasteiger partial charge on any atom is -0.375 e. The van der Waals surface area contributed by atoms with E-state index in [1.807, 2.05) is 6.08 Å². The molecule has 0 saturated carbocycles. The second-order valence-corrected chi connectivity index (χ2v) is 6.40. The van der Waals surface area contributed by atoms with Crippen LogP contribution in [0.5, 0.6) is 0 Å². The van der Waals surface area contributed by atoms with E-state index in [1.165, 1.54) is 0 Å². The van der Waals surface area contributed by atoms with Gasteiger partial charge in [-0.2, -0.15) is 0 Å². The van der Waals surface area contributed by atoms with Gasteiger partial charge in [-0.25, -0.2) is 0 Å². The molecule has 0 unspecified atom stereocenters. The number of allylic oxidation sites excluding steroid dienone is 3. The summed E-state index contributed by atoms with van der Waals surface area (Å²) in [5, 5.41) is 0. The quantitative estimate of drug-likeness (QED) is 0.665. The predicted octanol–water partition coefficient (Wildman–Crippen LogP) is 4.33. The van der Waals surface area contributed by atoms with Gasteiger partial charge < -0.3 is 4.90 Å². The van der Waals surface area contributed by atoms with Crippen molar-refractivity contribution in [1.29, 1.82) is 0 Å². The van der Waals surface area contributed by atoms with Gasteiger partial charge in [0, 0.05) is 30.8 Å². The highest BCUT2D eigenvalue weighted by Gasteiger charge is 2.32. The van der Waals surface area contributed by atoms with E-state index >= 15 is 0 Å². The topological polar surface area (TPSA) is 20.3 Å². The smallest absolute Gasteiger partial charge is 0.164 e. The van der Waals surface area contributed by atoms with Crippen LogP contribution in [-0.4, -0.2) is 23.3 Å². The molecule has 0 aromatic rings. The highest BCUT2D eigenvalue weighted by atomic mass is 16.1. The molecule has 0 N–H and O–H groups in total. The summed E-state index contributed by atoms with van der Waals surface area (Å²) in [5.74, 6) is 0.280. The van der Waals surface area contributed by atoms with E-state index < -0.39 is 0 Å². The second kappa shape index (κ2) is 6.93. The first-order chi connectivity index (χ1) is 8.88. The number of ketones is 1. The van der Waals surface area contributed by atoms with Gasteiger partial charge in [0.25, 0.3) is 0 Å². The van der Waals surface area contributed by atoms with Crippen LogP contribution in [0.3, 0.4) is 0 Å². The fraction of sp³-hybridized carbons (Fsp3) is 0.706. The van der Waals surface area contributed by atoms with Gasteiger partial charge in [-0.1, -0.05) is 39.3 Å². The summed E-state index contributed by atoms with van der Waals surface area (Å²) in [5.41, 5.74) is 1.01. The van der Waals surface area contributed by atoms with Gasteiger partial charge in [0.1, 0.15) is 0 Å². The lowest BCUT2D eigenvalue weighted by molar-refractivity contribution is -0.116. The molecule has 1 aliphatic rings. The Labute approximate surface area is 118 Å². The van der Waals surface area contributed by atoms with Crippen LogP contribution in [0.25, 0.3) is 0 Å². The molecule has 108 valence electrons. The first-order valence-corrected chi connectivity index (χ1v) is 7.54. The van der Waals surface area contributed by atoms with Crippen LogP contribution in [-0.2, 0) is 4.79 Å². The Morgan fingerprint density at radius 3 is 2.68 bits per heavy atom. The Bertz CT molecular complexity index is 363. The lowest BCUT2D eigenvalue weighted by Gasteiger charge is -2.38. The molecule has 0 amide bonds. The van der Waals surface area contributed by atoms with Gasteiger partial charge in [0.2, 0.25) is 0 Å². The van der Waals surface area contributed by atoms with Crippen LogP contribution < -0.4 is 0 Å². The van der Waals surface area contributed by atoms with Crippen molar-refractivity contribution in [2.45, 2.75) is 66.3 Å². The number of hydrogen-bond donors (Lipinski definition) is 0. The Kier molecular flexibility index (Phi) is 5.84. The number of nitrogens with zero attached hydrogens (tertiary/aromatic N) is 1. The standard InChI is InChI=1S/C17H29NO/c1-6-7-8-9-10-16(19)15-13-18(14(2)3)12-11-17(15,4)5/h8-9,13-14H,6-7,10-12H2,1-5H3/b9-8+. The maximum atomic E-state index is 12.4. The summed E-state index contributed by atoms with van der Waals surface area (Å²) >= 11 is 0. The Morgan fingerprint density at radius 2 is 2.11 bits per heavy atom. The zero-order valence-corrected chi connectivity index (χ0v) is 13.2. The lowest BCUT2D eigenvalue weighted by atomic mass is 9.76. The minimum absolute atomic E-state index is 0.0150. The SMILES string of the molecule is CCC/C=C/CC(=O)C1=CN(C(C)C)CCC1(C)C.